The molecule has 90 valence electrons. The number of nitrogens with one attached hydrogen (secondary N) is 1. The summed E-state index contributed by atoms with van der Waals surface area (Å²) in [4.78, 5) is 4.50. The first-order valence-corrected chi connectivity index (χ1v) is 6.36. The number of hydrogen-bond acceptors (Lipinski definition) is 3. The van der Waals surface area contributed by atoms with Gasteiger partial charge in [-0.25, -0.2) is 9.50 Å². The fraction of sp³-hybridized carbons (Fsp3) is 0.0769. The van der Waals surface area contributed by atoms with Gasteiger partial charge >= 0.3 is 0 Å². The minimum Gasteiger partial charge on any atom is -0.388 e. The van der Waals surface area contributed by atoms with Crippen LogP contribution in [0.4, 0.5) is 5.69 Å². The molecule has 18 heavy (non-hydrogen) atoms. The average Bonchev–Trinajstić information content (AvgIpc) is 2.81. The number of hydrogen-bond donors (Lipinski definition) is 1. The Morgan fingerprint density at radius 2 is 1.94 bits per heavy atom. The van der Waals surface area contributed by atoms with Crippen molar-refractivity contribution >= 4 is 27.3 Å². The van der Waals surface area contributed by atoms with E-state index in [1.807, 2.05) is 49.6 Å². The molecule has 2 heterocycles. The van der Waals surface area contributed by atoms with Crippen LogP contribution in [0.5, 0.6) is 0 Å². The molecule has 0 bridgehead atoms. The molecular formula is C13H11BrN4. The SMILES string of the molecule is CNc1ccc(-c2nc3cc(Br)ccn3n2)cc1. The summed E-state index contributed by atoms with van der Waals surface area (Å²) < 4.78 is 2.77. The molecule has 0 saturated heterocycles. The van der Waals surface area contributed by atoms with Gasteiger partial charge in [0.05, 0.1) is 0 Å². The number of benzene rings is 1. The number of pyridine rings is 1. The van der Waals surface area contributed by atoms with Crippen molar-refractivity contribution in [3.8, 4) is 11.4 Å². The van der Waals surface area contributed by atoms with Gasteiger partial charge in [0.1, 0.15) is 0 Å². The molecule has 0 radical (unpaired) electrons. The summed E-state index contributed by atoms with van der Waals surface area (Å²) in [6.07, 6.45) is 1.89. The van der Waals surface area contributed by atoms with Crippen LogP contribution in [-0.4, -0.2) is 21.6 Å². The minimum absolute atomic E-state index is 0.732. The van der Waals surface area contributed by atoms with Gasteiger partial charge in [0.25, 0.3) is 0 Å². The number of anilines is 1. The number of nitrogens with zero attached hydrogens (tertiary/aromatic N) is 3. The van der Waals surface area contributed by atoms with Crippen LogP contribution in [0.15, 0.2) is 47.1 Å². The molecule has 4 nitrogen and oxygen atoms in total. The Bertz CT molecular complexity index is 688. The lowest BCUT2D eigenvalue weighted by Crippen LogP contribution is -1.88. The summed E-state index contributed by atoms with van der Waals surface area (Å²) in [6.45, 7) is 0. The largest absolute Gasteiger partial charge is 0.388 e. The Labute approximate surface area is 113 Å². The first kappa shape index (κ1) is 11.2. The summed E-state index contributed by atoms with van der Waals surface area (Å²) >= 11 is 3.43. The molecule has 3 aromatic rings. The van der Waals surface area contributed by atoms with E-state index in [0.717, 1.165) is 27.2 Å². The van der Waals surface area contributed by atoms with Gasteiger partial charge < -0.3 is 5.32 Å². The van der Waals surface area contributed by atoms with Crippen LogP contribution in [0, 0.1) is 0 Å². The second-order valence-corrected chi connectivity index (χ2v) is 4.83. The van der Waals surface area contributed by atoms with E-state index in [1.54, 1.807) is 4.52 Å². The molecule has 0 aliphatic carbocycles. The fourth-order valence-corrected chi connectivity index (χ4v) is 2.09. The van der Waals surface area contributed by atoms with Gasteiger partial charge in [0.15, 0.2) is 11.5 Å². The Balaban J connectivity index is 2.07. The molecule has 0 saturated carbocycles. The average molecular weight is 303 g/mol. The maximum Gasteiger partial charge on any atom is 0.182 e. The van der Waals surface area contributed by atoms with E-state index >= 15 is 0 Å². The zero-order valence-corrected chi connectivity index (χ0v) is 11.3. The molecule has 1 N–H and O–H groups in total. The summed E-state index contributed by atoms with van der Waals surface area (Å²) in [6, 6.07) is 11.9. The van der Waals surface area contributed by atoms with E-state index in [1.165, 1.54) is 0 Å². The van der Waals surface area contributed by atoms with Crippen molar-refractivity contribution in [1.82, 2.24) is 14.6 Å². The quantitative estimate of drug-likeness (QED) is 0.790. The van der Waals surface area contributed by atoms with Crippen molar-refractivity contribution in [1.29, 1.82) is 0 Å². The van der Waals surface area contributed by atoms with Crippen molar-refractivity contribution in [2.75, 3.05) is 12.4 Å². The molecule has 3 rings (SSSR count). The Hall–Kier alpha value is -1.88. The maximum atomic E-state index is 4.50. The minimum atomic E-state index is 0.732. The third-order valence-corrected chi connectivity index (χ3v) is 3.22. The lowest BCUT2D eigenvalue weighted by atomic mass is 10.2. The van der Waals surface area contributed by atoms with Crippen molar-refractivity contribution in [3.05, 3.63) is 47.1 Å². The second-order valence-electron chi connectivity index (χ2n) is 3.91. The third-order valence-electron chi connectivity index (χ3n) is 2.73. The summed E-state index contributed by atoms with van der Waals surface area (Å²) in [7, 11) is 1.90. The normalized spacial score (nSPS) is 10.8. The van der Waals surface area contributed by atoms with Gasteiger partial charge in [-0.2, -0.15) is 0 Å². The zero-order chi connectivity index (χ0) is 12.5. The van der Waals surface area contributed by atoms with Crippen LogP contribution in [0.25, 0.3) is 17.0 Å². The van der Waals surface area contributed by atoms with E-state index in [4.69, 9.17) is 0 Å². The second kappa shape index (κ2) is 4.42. The molecule has 1 aromatic carbocycles. The molecule has 0 unspecified atom stereocenters. The predicted molar refractivity (Wildman–Crippen MR) is 75.7 cm³/mol. The smallest absolute Gasteiger partial charge is 0.182 e. The van der Waals surface area contributed by atoms with Gasteiger partial charge in [0, 0.05) is 29.0 Å². The molecular weight excluding hydrogens is 292 g/mol. The predicted octanol–water partition coefficient (Wildman–Crippen LogP) is 3.20. The molecule has 0 aliphatic heterocycles. The van der Waals surface area contributed by atoms with Crippen molar-refractivity contribution in [2.24, 2.45) is 0 Å². The first-order chi connectivity index (χ1) is 8.76. The number of fused-ring (bicyclic) bond motifs is 1. The van der Waals surface area contributed by atoms with E-state index < -0.39 is 0 Å². The molecule has 5 heteroatoms. The molecule has 0 aliphatic rings. The molecule has 0 spiro atoms. The van der Waals surface area contributed by atoms with Gasteiger partial charge in [-0.15, -0.1) is 5.10 Å². The highest BCUT2D eigenvalue weighted by atomic mass is 79.9. The number of aromatic nitrogens is 3. The van der Waals surface area contributed by atoms with Crippen LogP contribution < -0.4 is 5.32 Å². The summed E-state index contributed by atoms with van der Waals surface area (Å²) in [5.74, 6) is 0.732. The maximum absolute atomic E-state index is 4.50. The third kappa shape index (κ3) is 1.97. The van der Waals surface area contributed by atoms with E-state index in [2.05, 4.69) is 31.3 Å². The zero-order valence-electron chi connectivity index (χ0n) is 9.76. The van der Waals surface area contributed by atoms with E-state index in [9.17, 15) is 0 Å². The molecule has 0 atom stereocenters. The lowest BCUT2D eigenvalue weighted by molar-refractivity contribution is 0.964. The lowest BCUT2D eigenvalue weighted by Gasteiger charge is -1.99. The van der Waals surface area contributed by atoms with Crippen LogP contribution in [0.1, 0.15) is 0 Å². The van der Waals surface area contributed by atoms with Crippen LogP contribution >= 0.6 is 15.9 Å². The Morgan fingerprint density at radius 3 is 2.67 bits per heavy atom. The van der Waals surface area contributed by atoms with Gasteiger partial charge in [-0.3, -0.25) is 0 Å². The topological polar surface area (TPSA) is 42.2 Å². The highest BCUT2D eigenvalue weighted by Gasteiger charge is 2.06. The van der Waals surface area contributed by atoms with Gasteiger partial charge in [-0.1, -0.05) is 15.9 Å². The molecule has 2 aromatic heterocycles. The highest BCUT2D eigenvalue weighted by Crippen LogP contribution is 2.20. The Kier molecular flexibility index (Phi) is 2.76. The Morgan fingerprint density at radius 1 is 1.17 bits per heavy atom. The molecule has 0 fully saturated rings. The standard InChI is InChI=1S/C13H11BrN4/c1-15-11-4-2-9(3-5-11)13-16-12-8-10(14)6-7-18(12)17-13/h2-8,15H,1H3. The van der Waals surface area contributed by atoms with Crippen LogP contribution in [0.3, 0.4) is 0 Å². The van der Waals surface area contributed by atoms with Gasteiger partial charge in [-0.05, 0) is 36.4 Å². The highest BCUT2D eigenvalue weighted by molar-refractivity contribution is 9.10. The monoisotopic (exact) mass is 302 g/mol. The van der Waals surface area contributed by atoms with Crippen molar-refractivity contribution < 1.29 is 0 Å². The van der Waals surface area contributed by atoms with Crippen LogP contribution in [-0.2, 0) is 0 Å². The van der Waals surface area contributed by atoms with Crippen molar-refractivity contribution in [2.45, 2.75) is 0 Å². The summed E-state index contributed by atoms with van der Waals surface area (Å²) in [5.41, 5.74) is 2.91. The van der Waals surface area contributed by atoms with Gasteiger partial charge in [0.2, 0.25) is 0 Å². The van der Waals surface area contributed by atoms with Crippen LogP contribution in [0.2, 0.25) is 0 Å². The van der Waals surface area contributed by atoms with Crippen molar-refractivity contribution in [3.63, 3.8) is 0 Å². The number of rotatable bonds is 2. The van der Waals surface area contributed by atoms with E-state index in [0.29, 0.717) is 0 Å². The first-order valence-electron chi connectivity index (χ1n) is 5.56. The number of halogens is 1. The fourth-order valence-electron chi connectivity index (χ4n) is 1.76. The van der Waals surface area contributed by atoms with E-state index in [-0.39, 0.29) is 0 Å². The summed E-state index contributed by atoms with van der Waals surface area (Å²) in [5, 5.41) is 7.53. The molecule has 0 amide bonds.